The first-order chi connectivity index (χ1) is 9.61. The third-order valence-electron chi connectivity index (χ3n) is 2.61. The number of hydrogen-bond donors (Lipinski definition) is 2. The lowest BCUT2D eigenvalue weighted by Gasteiger charge is -2.08. The van der Waals surface area contributed by atoms with Crippen molar-refractivity contribution in [2.45, 2.75) is 26.7 Å². The van der Waals surface area contributed by atoms with Gasteiger partial charge < -0.3 is 15.8 Å². The van der Waals surface area contributed by atoms with Gasteiger partial charge in [0.1, 0.15) is 5.75 Å². The molecule has 0 aliphatic heterocycles. The summed E-state index contributed by atoms with van der Waals surface area (Å²) < 4.78 is 5.61. The van der Waals surface area contributed by atoms with E-state index in [0.29, 0.717) is 12.5 Å². The first kappa shape index (κ1) is 19.8. The lowest BCUT2D eigenvalue weighted by atomic mass is 10.1. The van der Waals surface area contributed by atoms with E-state index in [1.807, 2.05) is 19.1 Å². The highest BCUT2D eigenvalue weighted by Gasteiger charge is 1.98. The molecular weight excluding hydrogens is 377 g/mol. The van der Waals surface area contributed by atoms with E-state index in [4.69, 9.17) is 10.5 Å². The van der Waals surface area contributed by atoms with Crippen molar-refractivity contribution >= 4 is 29.9 Å². The van der Waals surface area contributed by atoms with E-state index in [-0.39, 0.29) is 24.0 Å². The zero-order chi connectivity index (χ0) is 14.8. The molecule has 0 fully saturated rings. The second kappa shape index (κ2) is 11.4. The molecule has 4 nitrogen and oxygen atoms in total. The summed E-state index contributed by atoms with van der Waals surface area (Å²) in [5.74, 6) is 1.39. The first-order valence-electron chi connectivity index (χ1n) is 7.01. The Labute approximate surface area is 144 Å². The van der Waals surface area contributed by atoms with Crippen molar-refractivity contribution in [3.05, 3.63) is 42.0 Å². The van der Waals surface area contributed by atoms with Crippen molar-refractivity contribution in [3.8, 4) is 5.75 Å². The van der Waals surface area contributed by atoms with Crippen LogP contribution >= 0.6 is 24.0 Å². The third-order valence-corrected chi connectivity index (χ3v) is 2.61. The van der Waals surface area contributed by atoms with Crippen LogP contribution in [0.4, 0.5) is 0 Å². The molecule has 0 saturated carbocycles. The summed E-state index contributed by atoms with van der Waals surface area (Å²) in [7, 11) is 0. The van der Waals surface area contributed by atoms with Crippen LogP contribution in [0.3, 0.4) is 0 Å². The molecule has 0 bridgehead atoms. The van der Waals surface area contributed by atoms with E-state index in [2.05, 4.69) is 35.9 Å². The van der Waals surface area contributed by atoms with E-state index in [1.165, 1.54) is 5.56 Å². The zero-order valence-electron chi connectivity index (χ0n) is 12.9. The van der Waals surface area contributed by atoms with Crippen molar-refractivity contribution in [2.75, 3.05) is 19.7 Å². The number of nitrogens with two attached hydrogens (primary N) is 1. The lowest BCUT2D eigenvalue weighted by Crippen LogP contribution is -2.33. The van der Waals surface area contributed by atoms with Gasteiger partial charge in [0.25, 0.3) is 0 Å². The van der Waals surface area contributed by atoms with Gasteiger partial charge in [-0.1, -0.05) is 31.2 Å². The van der Waals surface area contributed by atoms with Crippen molar-refractivity contribution in [3.63, 3.8) is 0 Å². The lowest BCUT2D eigenvalue weighted by molar-refractivity contribution is 0.317. The third kappa shape index (κ3) is 9.33. The molecule has 0 spiro atoms. The van der Waals surface area contributed by atoms with Gasteiger partial charge in [-0.05, 0) is 37.5 Å². The average molecular weight is 403 g/mol. The molecule has 5 heteroatoms. The van der Waals surface area contributed by atoms with E-state index in [9.17, 15) is 0 Å². The van der Waals surface area contributed by atoms with Gasteiger partial charge in [0.05, 0.1) is 13.2 Å². The number of benzene rings is 1. The largest absolute Gasteiger partial charge is 0.494 e. The van der Waals surface area contributed by atoms with Gasteiger partial charge in [-0.15, -0.1) is 24.0 Å². The molecule has 0 atom stereocenters. The molecule has 0 unspecified atom stereocenters. The van der Waals surface area contributed by atoms with Gasteiger partial charge in [-0.2, -0.15) is 0 Å². The number of nitrogens with zero attached hydrogens (tertiary/aromatic N) is 1. The van der Waals surface area contributed by atoms with Gasteiger partial charge >= 0.3 is 0 Å². The van der Waals surface area contributed by atoms with Crippen LogP contribution in [0.25, 0.3) is 0 Å². The second-order valence-electron chi connectivity index (χ2n) is 4.83. The topological polar surface area (TPSA) is 59.6 Å². The minimum absolute atomic E-state index is 0. The Hall–Kier alpha value is -1.24. The van der Waals surface area contributed by atoms with E-state index in [0.717, 1.165) is 37.3 Å². The maximum Gasteiger partial charge on any atom is 0.188 e. The molecule has 1 rings (SSSR count). The van der Waals surface area contributed by atoms with Gasteiger partial charge in [0, 0.05) is 6.54 Å². The molecular formula is C16H26IN3O. The molecule has 1 aromatic carbocycles. The van der Waals surface area contributed by atoms with Gasteiger partial charge in [-0.25, -0.2) is 4.99 Å². The zero-order valence-corrected chi connectivity index (χ0v) is 15.2. The number of guanidine groups is 1. The average Bonchev–Trinajstić information content (AvgIpc) is 2.43. The quantitative estimate of drug-likeness (QED) is 0.304. The molecule has 21 heavy (non-hydrogen) atoms. The molecule has 0 radical (unpaired) electrons. The minimum Gasteiger partial charge on any atom is -0.494 e. The predicted octanol–water partition coefficient (Wildman–Crippen LogP) is 3.12. The monoisotopic (exact) mass is 403 g/mol. The number of halogens is 1. The molecule has 0 heterocycles. The Morgan fingerprint density at radius 3 is 2.86 bits per heavy atom. The number of rotatable bonds is 8. The first-order valence-corrected chi connectivity index (χ1v) is 7.01. The molecule has 1 aromatic rings. The summed E-state index contributed by atoms with van der Waals surface area (Å²) in [6.07, 6.45) is 1.90. The maximum absolute atomic E-state index is 5.75. The maximum atomic E-state index is 5.75. The summed E-state index contributed by atoms with van der Waals surface area (Å²) in [6.45, 7) is 9.89. The van der Waals surface area contributed by atoms with Crippen LogP contribution in [0.2, 0.25) is 0 Å². The predicted molar refractivity (Wildman–Crippen MR) is 101 cm³/mol. The molecule has 0 aromatic heterocycles. The Balaban J connectivity index is 0.00000400. The van der Waals surface area contributed by atoms with E-state index >= 15 is 0 Å². The fourth-order valence-electron chi connectivity index (χ4n) is 1.62. The van der Waals surface area contributed by atoms with Crippen molar-refractivity contribution in [1.82, 2.24) is 5.32 Å². The standard InChI is InChI=1S/C16H25N3O.HI/c1-4-10-20-15-7-5-6-14(11-15)8-9-18-16(17)19-12-13(2)3;/h5-7,11H,2,4,8-10,12H2,1,3H3,(H3,17,18,19);1H. The van der Waals surface area contributed by atoms with E-state index in [1.54, 1.807) is 0 Å². The van der Waals surface area contributed by atoms with Crippen LogP contribution in [-0.4, -0.2) is 25.7 Å². The molecule has 0 amide bonds. The molecule has 3 N–H and O–H groups in total. The van der Waals surface area contributed by atoms with Crippen LogP contribution < -0.4 is 15.8 Å². The van der Waals surface area contributed by atoms with Gasteiger partial charge in [-0.3, -0.25) is 0 Å². The Morgan fingerprint density at radius 1 is 1.43 bits per heavy atom. The SMILES string of the molecule is C=C(C)CN=C(N)NCCc1cccc(OCCC)c1.I. The van der Waals surface area contributed by atoms with Crippen molar-refractivity contribution in [1.29, 1.82) is 0 Å². The number of aliphatic imine (C=N–C) groups is 1. The Kier molecular flexibility index (Phi) is 10.7. The summed E-state index contributed by atoms with van der Waals surface area (Å²) in [6, 6.07) is 8.15. The Bertz CT molecular complexity index is 461. The number of nitrogens with one attached hydrogen (secondary N) is 1. The summed E-state index contributed by atoms with van der Waals surface area (Å²) in [4.78, 5) is 4.17. The van der Waals surface area contributed by atoms with Crippen LogP contribution in [0.5, 0.6) is 5.75 Å². The fourth-order valence-corrected chi connectivity index (χ4v) is 1.62. The summed E-state index contributed by atoms with van der Waals surface area (Å²) >= 11 is 0. The normalized spacial score (nSPS) is 10.7. The van der Waals surface area contributed by atoms with Crippen LogP contribution in [0.15, 0.2) is 41.4 Å². The van der Waals surface area contributed by atoms with Crippen LogP contribution in [0, 0.1) is 0 Å². The highest BCUT2D eigenvalue weighted by molar-refractivity contribution is 14.0. The second-order valence-corrected chi connectivity index (χ2v) is 4.83. The van der Waals surface area contributed by atoms with Crippen LogP contribution in [0.1, 0.15) is 25.8 Å². The molecule has 0 aliphatic rings. The Morgan fingerprint density at radius 2 is 2.19 bits per heavy atom. The number of hydrogen-bond acceptors (Lipinski definition) is 2. The van der Waals surface area contributed by atoms with Crippen molar-refractivity contribution in [2.24, 2.45) is 10.7 Å². The highest BCUT2D eigenvalue weighted by Crippen LogP contribution is 2.13. The molecule has 118 valence electrons. The molecule has 0 saturated heterocycles. The fraction of sp³-hybridized carbons (Fsp3) is 0.438. The smallest absolute Gasteiger partial charge is 0.188 e. The van der Waals surface area contributed by atoms with Crippen LogP contribution in [-0.2, 0) is 6.42 Å². The summed E-state index contributed by atoms with van der Waals surface area (Å²) in [5.41, 5.74) is 7.97. The van der Waals surface area contributed by atoms with Crippen molar-refractivity contribution < 1.29 is 4.74 Å². The van der Waals surface area contributed by atoms with E-state index < -0.39 is 0 Å². The summed E-state index contributed by atoms with van der Waals surface area (Å²) in [5, 5.41) is 3.09. The number of ether oxygens (including phenoxy) is 1. The van der Waals surface area contributed by atoms with Gasteiger partial charge in [0.2, 0.25) is 0 Å². The van der Waals surface area contributed by atoms with Gasteiger partial charge in [0.15, 0.2) is 5.96 Å². The molecule has 0 aliphatic carbocycles. The minimum atomic E-state index is 0. The highest BCUT2D eigenvalue weighted by atomic mass is 127.